The molecule has 2 aliphatic rings. The lowest BCUT2D eigenvalue weighted by Crippen LogP contribution is -2.47. The van der Waals surface area contributed by atoms with Crippen LogP contribution in [0.15, 0.2) is 42.5 Å². The molecule has 0 aliphatic carbocycles. The Labute approximate surface area is 167 Å². The van der Waals surface area contributed by atoms with Crippen molar-refractivity contribution in [1.82, 2.24) is 14.8 Å². The molecule has 1 aromatic heterocycles. The SMILES string of the molecule is Cc1cccc(-c2cccc([C@H]3CCCN(CC(=O)N4CCOCC4)C3)n2)c1. The van der Waals surface area contributed by atoms with E-state index in [1.165, 1.54) is 5.56 Å². The van der Waals surface area contributed by atoms with E-state index in [9.17, 15) is 4.79 Å². The summed E-state index contributed by atoms with van der Waals surface area (Å²) in [6.45, 7) is 7.26. The largest absolute Gasteiger partial charge is 0.378 e. The highest BCUT2D eigenvalue weighted by molar-refractivity contribution is 5.78. The second-order valence-electron chi connectivity index (χ2n) is 7.88. The smallest absolute Gasteiger partial charge is 0.236 e. The molecule has 5 nitrogen and oxygen atoms in total. The molecule has 2 aliphatic heterocycles. The number of likely N-dealkylation sites (tertiary alicyclic amines) is 1. The lowest BCUT2D eigenvalue weighted by atomic mass is 9.93. The molecule has 148 valence electrons. The topological polar surface area (TPSA) is 45.7 Å². The van der Waals surface area contributed by atoms with Crippen LogP contribution >= 0.6 is 0 Å². The molecule has 0 N–H and O–H groups in total. The molecule has 2 aromatic rings. The molecule has 1 aromatic carbocycles. The quantitative estimate of drug-likeness (QED) is 0.819. The molecular formula is C23H29N3O2. The third-order valence-corrected chi connectivity index (χ3v) is 5.73. The van der Waals surface area contributed by atoms with Crippen LogP contribution in [0.3, 0.4) is 0 Å². The minimum atomic E-state index is 0.227. The Morgan fingerprint density at radius 1 is 1.14 bits per heavy atom. The predicted molar refractivity (Wildman–Crippen MR) is 110 cm³/mol. The van der Waals surface area contributed by atoms with Crippen molar-refractivity contribution in [3.05, 3.63) is 53.7 Å². The van der Waals surface area contributed by atoms with Gasteiger partial charge in [0.05, 0.1) is 25.5 Å². The first-order valence-electron chi connectivity index (χ1n) is 10.3. The Kier molecular flexibility index (Phi) is 6.03. The third kappa shape index (κ3) is 4.59. The van der Waals surface area contributed by atoms with Crippen molar-refractivity contribution < 1.29 is 9.53 Å². The number of hydrogen-bond donors (Lipinski definition) is 0. The van der Waals surface area contributed by atoms with Crippen LogP contribution in [0.5, 0.6) is 0 Å². The Hall–Kier alpha value is -2.24. The monoisotopic (exact) mass is 379 g/mol. The number of rotatable bonds is 4. The van der Waals surface area contributed by atoms with Crippen molar-refractivity contribution in [2.45, 2.75) is 25.7 Å². The van der Waals surface area contributed by atoms with Gasteiger partial charge >= 0.3 is 0 Å². The van der Waals surface area contributed by atoms with Gasteiger partial charge in [-0.15, -0.1) is 0 Å². The number of pyridine rings is 1. The van der Waals surface area contributed by atoms with Gasteiger partial charge in [-0.25, -0.2) is 0 Å². The number of carbonyl (C=O) groups is 1. The second kappa shape index (κ2) is 8.84. The minimum Gasteiger partial charge on any atom is -0.378 e. The van der Waals surface area contributed by atoms with E-state index in [1.54, 1.807) is 0 Å². The zero-order chi connectivity index (χ0) is 19.3. The van der Waals surface area contributed by atoms with Crippen molar-refractivity contribution in [2.75, 3.05) is 45.9 Å². The van der Waals surface area contributed by atoms with E-state index in [-0.39, 0.29) is 5.91 Å². The molecule has 1 amide bonds. The Morgan fingerprint density at radius 2 is 1.96 bits per heavy atom. The van der Waals surface area contributed by atoms with Crippen LogP contribution in [0, 0.1) is 6.92 Å². The highest BCUT2D eigenvalue weighted by Crippen LogP contribution is 2.28. The fourth-order valence-corrected chi connectivity index (χ4v) is 4.19. The molecule has 2 fully saturated rings. The van der Waals surface area contributed by atoms with E-state index < -0.39 is 0 Å². The van der Waals surface area contributed by atoms with Crippen LogP contribution in [0.2, 0.25) is 0 Å². The number of benzene rings is 1. The highest BCUT2D eigenvalue weighted by atomic mass is 16.5. The summed E-state index contributed by atoms with van der Waals surface area (Å²) in [6.07, 6.45) is 2.24. The number of piperidine rings is 1. The molecular weight excluding hydrogens is 350 g/mol. The Morgan fingerprint density at radius 3 is 2.79 bits per heavy atom. The van der Waals surface area contributed by atoms with Gasteiger partial charge in [-0.1, -0.05) is 29.8 Å². The molecule has 0 spiro atoms. The van der Waals surface area contributed by atoms with Crippen LogP contribution in [0.25, 0.3) is 11.3 Å². The number of aryl methyl sites for hydroxylation is 1. The van der Waals surface area contributed by atoms with Crippen molar-refractivity contribution in [1.29, 1.82) is 0 Å². The van der Waals surface area contributed by atoms with E-state index in [4.69, 9.17) is 9.72 Å². The highest BCUT2D eigenvalue weighted by Gasteiger charge is 2.26. The summed E-state index contributed by atoms with van der Waals surface area (Å²) in [5, 5.41) is 0. The molecule has 2 saturated heterocycles. The van der Waals surface area contributed by atoms with Gasteiger partial charge in [0.15, 0.2) is 0 Å². The van der Waals surface area contributed by atoms with Crippen LogP contribution < -0.4 is 0 Å². The van der Waals surface area contributed by atoms with Crippen LogP contribution in [-0.4, -0.2) is 66.6 Å². The summed E-state index contributed by atoms with van der Waals surface area (Å²) >= 11 is 0. The predicted octanol–water partition coefficient (Wildman–Crippen LogP) is 3.10. The molecule has 0 radical (unpaired) electrons. The standard InChI is InChI=1S/C23H29N3O2/c1-18-5-2-6-19(15-18)21-8-3-9-22(24-21)20-7-4-10-25(16-20)17-23(27)26-11-13-28-14-12-26/h2-3,5-6,8-9,15,20H,4,7,10-14,16-17H2,1H3/t20-/m0/s1. The Balaban J connectivity index is 1.43. The summed E-state index contributed by atoms with van der Waals surface area (Å²) in [5.41, 5.74) is 4.58. The lowest BCUT2D eigenvalue weighted by molar-refractivity contribution is -0.136. The van der Waals surface area contributed by atoms with Crippen molar-refractivity contribution >= 4 is 5.91 Å². The maximum Gasteiger partial charge on any atom is 0.236 e. The van der Waals surface area contributed by atoms with Crippen LogP contribution in [0.4, 0.5) is 0 Å². The van der Waals surface area contributed by atoms with Crippen molar-refractivity contribution in [2.24, 2.45) is 0 Å². The molecule has 0 saturated carbocycles. The van der Waals surface area contributed by atoms with Gasteiger partial charge < -0.3 is 9.64 Å². The Bertz CT molecular complexity index is 817. The van der Waals surface area contributed by atoms with E-state index in [0.29, 0.717) is 25.7 Å². The van der Waals surface area contributed by atoms with Crippen LogP contribution in [-0.2, 0) is 9.53 Å². The first kappa shape index (κ1) is 19.1. The summed E-state index contributed by atoms with van der Waals surface area (Å²) < 4.78 is 5.35. The van der Waals surface area contributed by atoms with Gasteiger partial charge in [-0.3, -0.25) is 14.7 Å². The summed E-state index contributed by atoms with van der Waals surface area (Å²) in [7, 11) is 0. The van der Waals surface area contributed by atoms with E-state index in [2.05, 4.69) is 54.3 Å². The second-order valence-corrected chi connectivity index (χ2v) is 7.88. The van der Waals surface area contributed by atoms with Gasteiger partial charge in [0.25, 0.3) is 0 Å². The normalized spacial score (nSPS) is 20.9. The number of hydrogen-bond acceptors (Lipinski definition) is 4. The lowest BCUT2D eigenvalue weighted by Gasteiger charge is -2.34. The molecule has 1 atom stereocenters. The maximum atomic E-state index is 12.6. The molecule has 4 rings (SSSR count). The first-order chi connectivity index (χ1) is 13.7. The summed E-state index contributed by atoms with van der Waals surface area (Å²) in [4.78, 5) is 21.8. The van der Waals surface area contributed by atoms with E-state index >= 15 is 0 Å². The average Bonchev–Trinajstić information content (AvgIpc) is 2.75. The third-order valence-electron chi connectivity index (χ3n) is 5.73. The molecule has 28 heavy (non-hydrogen) atoms. The van der Waals surface area contributed by atoms with Crippen molar-refractivity contribution in [3.63, 3.8) is 0 Å². The van der Waals surface area contributed by atoms with Gasteiger partial charge in [-0.2, -0.15) is 0 Å². The van der Waals surface area contributed by atoms with E-state index in [1.807, 2.05) is 4.90 Å². The van der Waals surface area contributed by atoms with Gasteiger partial charge in [0.2, 0.25) is 5.91 Å². The van der Waals surface area contributed by atoms with Gasteiger partial charge in [0.1, 0.15) is 0 Å². The zero-order valence-corrected chi connectivity index (χ0v) is 16.6. The molecule has 0 bridgehead atoms. The number of aromatic nitrogens is 1. The fourth-order valence-electron chi connectivity index (χ4n) is 4.19. The fraction of sp³-hybridized carbons (Fsp3) is 0.478. The zero-order valence-electron chi connectivity index (χ0n) is 16.6. The first-order valence-corrected chi connectivity index (χ1v) is 10.3. The number of carbonyl (C=O) groups excluding carboxylic acids is 1. The van der Waals surface area contributed by atoms with Gasteiger partial charge in [-0.05, 0) is 44.5 Å². The van der Waals surface area contributed by atoms with E-state index in [0.717, 1.165) is 56.0 Å². The van der Waals surface area contributed by atoms with Crippen LogP contribution in [0.1, 0.15) is 30.0 Å². The van der Waals surface area contributed by atoms with Gasteiger partial charge in [0, 0.05) is 36.8 Å². The number of amides is 1. The maximum absolute atomic E-state index is 12.6. The average molecular weight is 380 g/mol. The molecule has 0 unspecified atom stereocenters. The molecule has 3 heterocycles. The number of nitrogens with zero attached hydrogens (tertiary/aromatic N) is 3. The molecule has 5 heteroatoms. The van der Waals surface area contributed by atoms with Crippen molar-refractivity contribution in [3.8, 4) is 11.3 Å². The minimum absolute atomic E-state index is 0.227. The number of ether oxygens (including phenoxy) is 1. The summed E-state index contributed by atoms with van der Waals surface area (Å²) in [5.74, 6) is 0.612. The summed E-state index contributed by atoms with van der Waals surface area (Å²) in [6, 6.07) is 14.8. The number of morpholine rings is 1.